The Kier molecular flexibility index (Phi) is 4.25. The molecule has 0 aliphatic carbocycles. The average molecular weight is 330 g/mol. The maximum atomic E-state index is 10.6. The van der Waals surface area contributed by atoms with Crippen molar-refractivity contribution in [3.8, 4) is 11.3 Å². The Morgan fingerprint density at radius 1 is 1.13 bits per heavy atom. The monoisotopic (exact) mass is 329 g/mol. The molecule has 23 heavy (non-hydrogen) atoms. The first kappa shape index (κ1) is 15.1. The molecule has 0 saturated carbocycles. The van der Waals surface area contributed by atoms with E-state index in [0.29, 0.717) is 17.4 Å². The normalized spacial score (nSPS) is 10.5. The highest BCUT2D eigenvalue weighted by Gasteiger charge is 2.07. The van der Waals surface area contributed by atoms with Crippen LogP contribution in [0.3, 0.4) is 0 Å². The fourth-order valence-corrected chi connectivity index (χ4v) is 2.14. The van der Waals surface area contributed by atoms with Crippen molar-refractivity contribution >= 4 is 23.1 Å². The van der Waals surface area contributed by atoms with Crippen LogP contribution in [0.2, 0.25) is 5.02 Å². The predicted molar refractivity (Wildman–Crippen MR) is 87.4 cm³/mol. The van der Waals surface area contributed by atoms with Crippen molar-refractivity contribution in [3.63, 3.8) is 0 Å². The van der Waals surface area contributed by atoms with Gasteiger partial charge in [0.2, 0.25) is 0 Å². The Morgan fingerprint density at radius 2 is 1.91 bits per heavy atom. The summed E-state index contributed by atoms with van der Waals surface area (Å²) in [5.41, 5.74) is 0.896. The summed E-state index contributed by atoms with van der Waals surface area (Å²) in [5.74, 6) is 2.02. The smallest absolute Gasteiger partial charge is 0.287 e. The van der Waals surface area contributed by atoms with Gasteiger partial charge in [0.1, 0.15) is 23.5 Å². The molecule has 3 rings (SSSR count). The number of aromatic nitrogens is 1. The molecule has 0 amide bonds. The Hall–Kier alpha value is -2.86. The fraction of sp³-hybridized carbons (Fsp3) is 0.0625. The summed E-state index contributed by atoms with van der Waals surface area (Å²) in [4.78, 5) is 14.1. The van der Waals surface area contributed by atoms with Gasteiger partial charge in [0.15, 0.2) is 0 Å². The van der Waals surface area contributed by atoms with Crippen molar-refractivity contribution in [1.82, 2.24) is 4.98 Å². The summed E-state index contributed by atoms with van der Waals surface area (Å²) < 4.78 is 5.75. The maximum absolute atomic E-state index is 10.6. The van der Waals surface area contributed by atoms with Crippen molar-refractivity contribution in [1.29, 1.82) is 0 Å². The Morgan fingerprint density at radius 3 is 2.57 bits per heavy atom. The van der Waals surface area contributed by atoms with E-state index in [1.165, 1.54) is 12.3 Å². The molecule has 0 aliphatic rings. The molecule has 0 aliphatic heterocycles. The third-order valence-corrected chi connectivity index (χ3v) is 3.44. The molecule has 1 N–H and O–H groups in total. The quantitative estimate of drug-likeness (QED) is 0.550. The van der Waals surface area contributed by atoms with E-state index in [-0.39, 0.29) is 5.69 Å². The lowest BCUT2D eigenvalue weighted by atomic mass is 10.2. The van der Waals surface area contributed by atoms with Gasteiger partial charge in [-0.3, -0.25) is 10.1 Å². The first-order chi connectivity index (χ1) is 11.1. The van der Waals surface area contributed by atoms with E-state index >= 15 is 0 Å². The number of halogens is 1. The largest absolute Gasteiger partial charge is 0.459 e. The second-order valence-electron chi connectivity index (χ2n) is 4.79. The van der Waals surface area contributed by atoms with Gasteiger partial charge in [0, 0.05) is 16.7 Å². The molecule has 116 valence electrons. The number of hydrogen-bond donors (Lipinski definition) is 1. The molecule has 7 heteroatoms. The summed E-state index contributed by atoms with van der Waals surface area (Å²) >= 11 is 5.86. The lowest BCUT2D eigenvalue weighted by Crippen LogP contribution is -2.00. The van der Waals surface area contributed by atoms with Gasteiger partial charge in [0.05, 0.1) is 11.5 Å². The molecule has 2 heterocycles. The van der Waals surface area contributed by atoms with Crippen molar-refractivity contribution in [2.45, 2.75) is 6.54 Å². The zero-order valence-electron chi connectivity index (χ0n) is 11.9. The zero-order valence-corrected chi connectivity index (χ0v) is 12.7. The van der Waals surface area contributed by atoms with Gasteiger partial charge in [-0.25, -0.2) is 4.98 Å². The molecule has 1 aromatic carbocycles. The number of benzene rings is 1. The zero-order chi connectivity index (χ0) is 16.2. The van der Waals surface area contributed by atoms with E-state index in [9.17, 15) is 10.1 Å². The molecular formula is C16H12ClN3O3. The van der Waals surface area contributed by atoms with Crippen molar-refractivity contribution < 1.29 is 9.34 Å². The summed E-state index contributed by atoms with van der Waals surface area (Å²) in [7, 11) is 0. The topological polar surface area (TPSA) is 81.2 Å². The number of nitrogens with one attached hydrogen (secondary N) is 1. The van der Waals surface area contributed by atoms with Crippen LogP contribution >= 0.6 is 11.6 Å². The van der Waals surface area contributed by atoms with E-state index in [1.54, 1.807) is 18.2 Å². The fourth-order valence-electron chi connectivity index (χ4n) is 2.02. The number of anilines is 1. The molecule has 0 fully saturated rings. The van der Waals surface area contributed by atoms with Crippen LogP contribution in [-0.2, 0) is 6.54 Å². The minimum atomic E-state index is -0.484. The van der Waals surface area contributed by atoms with Crippen molar-refractivity contribution in [2.75, 3.05) is 5.32 Å². The minimum absolute atomic E-state index is 0.0430. The van der Waals surface area contributed by atoms with Crippen molar-refractivity contribution in [2.24, 2.45) is 0 Å². The maximum Gasteiger partial charge on any atom is 0.287 e. The lowest BCUT2D eigenvalue weighted by Gasteiger charge is -2.03. The second kappa shape index (κ2) is 6.50. The van der Waals surface area contributed by atoms with E-state index < -0.39 is 4.92 Å². The van der Waals surface area contributed by atoms with Gasteiger partial charge in [-0.05, 0) is 42.5 Å². The van der Waals surface area contributed by atoms with E-state index in [4.69, 9.17) is 16.0 Å². The SMILES string of the molecule is O=[N+]([O-])c1ccc(NCc2ccc(-c3ccc(Cl)cc3)o2)nc1. The minimum Gasteiger partial charge on any atom is -0.459 e. The van der Waals surface area contributed by atoms with Crippen LogP contribution in [-0.4, -0.2) is 9.91 Å². The third-order valence-electron chi connectivity index (χ3n) is 3.19. The number of nitro groups is 1. The molecule has 3 aromatic rings. The van der Waals surface area contributed by atoms with Crippen LogP contribution in [0.1, 0.15) is 5.76 Å². The number of hydrogen-bond acceptors (Lipinski definition) is 5. The highest BCUT2D eigenvalue weighted by Crippen LogP contribution is 2.24. The summed E-state index contributed by atoms with van der Waals surface area (Å²) in [6, 6.07) is 14.1. The van der Waals surface area contributed by atoms with Gasteiger partial charge in [0.25, 0.3) is 5.69 Å². The Bertz CT molecular complexity index is 813. The molecule has 0 atom stereocenters. The molecule has 0 spiro atoms. The summed E-state index contributed by atoms with van der Waals surface area (Å²) in [6.07, 6.45) is 1.21. The molecule has 0 radical (unpaired) electrons. The van der Waals surface area contributed by atoms with Crippen LogP contribution in [0.5, 0.6) is 0 Å². The van der Waals surface area contributed by atoms with Crippen LogP contribution in [0.15, 0.2) is 59.1 Å². The van der Waals surface area contributed by atoms with Crippen LogP contribution in [0.4, 0.5) is 11.5 Å². The van der Waals surface area contributed by atoms with Gasteiger partial charge in [-0.2, -0.15) is 0 Å². The van der Waals surface area contributed by atoms with E-state index in [2.05, 4.69) is 10.3 Å². The Labute approximate surface area is 136 Å². The van der Waals surface area contributed by atoms with Gasteiger partial charge in [-0.15, -0.1) is 0 Å². The predicted octanol–water partition coefficient (Wildman–Crippen LogP) is 4.52. The molecular weight excluding hydrogens is 318 g/mol. The highest BCUT2D eigenvalue weighted by molar-refractivity contribution is 6.30. The molecule has 0 saturated heterocycles. The second-order valence-corrected chi connectivity index (χ2v) is 5.22. The van der Waals surface area contributed by atoms with Gasteiger partial charge in [-0.1, -0.05) is 11.6 Å². The van der Waals surface area contributed by atoms with Gasteiger partial charge < -0.3 is 9.73 Å². The molecule has 0 bridgehead atoms. The van der Waals surface area contributed by atoms with Crippen LogP contribution in [0.25, 0.3) is 11.3 Å². The van der Waals surface area contributed by atoms with Crippen molar-refractivity contribution in [3.05, 3.63) is 75.6 Å². The Balaban J connectivity index is 1.65. The average Bonchev–Trinajstić information content (AvgIpc) is 3.03. The standard InChI is InChI=1S/C16H12ClN3O3/c17-12-3-1-11(2-4-12)15-7-6-14(23-15)10-19-16-8-5-13(9-18-16)20(21)22/h1-9H,10H2,(H,18,19). The highest BCUT2D eigenvalue weighted by atomic mass is 35.5. The first-order valence-electron chi connectivity index (χ1n) is 6.81. The molecule has 0 unspecified atom stereocenters. The van der Waals surface area contributed by atoms with E-state index in [0.717, 1.165) is 17.1 Å². The van der Waals surface area contributed by atoms with Crippen LogP contribution < -0.4 is 5.32 Å². The lowest BCUT2D eigenvalue weighted by molar-refractivity contribution is -0.385. The number of furan rings is 1. The number of nitrogens with zero attached hydrogens (tertiary/aromatic N) is 2. The summed E-state index contributed by atoms with van der Waals surface area (Å²) in [6.45, 7) is 0.429. The molecule has 6 nitrogen and oxygen atoms in total. The summed E-state index contributed by atoms with van der Waals surface area (Å²) in [5, 5.41) is 14.3. The van der Waals surface area contributed by atoms with Crippen LogP contribution in [0, 0.1) is 10.1 Å². The third kappa shape index (κ3) is 3.67. The number of rotatable bonds is 5. The molecule has 2 aromatic heterocycles. The van der Waals surface area contributed by atoms with E-state index in [1.807, 2.05) is 24.3 Å². The van der Waals surface area contributed by atoms with Gasteiger partial charge >= 0.3 is 0 Å². The number of pyridine rings is 1. The first-order valence-corrected chi connectivity index (χ1v) is 7.18.